The van der Waals surface area contributed by atoms with E-state index in [0.29, 0.717) is 13.0 Å². The minimum atomic E-state index is -0.00438. The van der Waals surface area contributed by atoms with E-state index in [2.05, 4.69) is 0 Å². The van der Waals surface area contributed by atoms with Crippen LogP contribution in [-0.2, 0) is 9.53 Å². The van der Waals surface area contributed by atoms with Crippen molar-refractivity contribution in [3.63, 3.8) is 0 Å². The zero-order valence-corrected chi connectivity index (χ0v) is 9.00. The zero-order valence-electron chi connectivity index (χ0n) is 9.00. The summed E-state index contributed by atoms with van der Waals surface area (Å²) in [5.74, 6) is 2.76. The Kier molecular flexibility index (Phi) is 3.09. The maximum absolute atomic E-state index is 11.2. The third-order valence-electron chi connectivity index (χ3n) is 3.91. The molecule has 0 aromatic rings. The molecule has 2 nitrogen and oxygen atoms in total. The van der Waals surface area contributed by atoms with Crippen LogP contribution in [-0.4, -0.2) is 12.6 Å². The maximum Gasteiger partial charge on any atom is 0.305 e. The Balaban J connectivity index is 1.69. The summed E-state index contributed by atoms with van der Waals surface area (Å²) in [6.45, 7) is 2.39. The predicted octanol–water partition coefficient (Wildman–Crippen LogP) is 2.77. The molecule has 2 rings (SSSR count). The third-order valence-corrected chi connectivity index (χ3v) is 3.91. The molecule has 3 atom stereocenters. The maximum atomic E-state index is 11.2. The molecular weight excluding hydrogens is 176 g/mol. The molecule has 0 amide bonds. The van der Waals surface area contributed by atoms with Crippen LogP contribution < -0.4 is 0 Å². The van der Waals surface area contributed by atoms with Crippen LogP contribution in [0.25, 0.3) is 0 Å². The highest BCUT2D eigenvalue weighted by Crippen LogP contribution is 2.49. The second kappa shape index (κ2) is 4.33. The minimum Gasteiger partial charge on any atom is -0.466 e. The predicted molar refractivity (Wildman–Crippen MR) is 54.8 cm³/mol. The number of fused-ring (bicyclic) bond motifs is 2. The Morgan fingerprint density at radius 3 is 2.79 bits per heavy atom. The van der Waals surface area contributed by atoms with Crippen LogP contribution in [0.2, 0.25) is 0 Å². The number of ether oxygens (including phenoxy) is 1. The molecule has 0 heterocycles. The van der Waals surface area contributed by atoms with Crippen LogP contribution in [0.4, 0.5) is 0 Å². The molecule has 80 valence electrons. The molecule has 2 heteroatoms. The second-order valence-electron chi connectivity index (χ2n) is 4.78. The van der Waals surface area contributed by atoms with E-state index in [9.17, 15) is 4.79 Å². The van der Waals surface area contributed by atoms with E-state index >= 15 is 0 Å². The molecule has 2 bridgehead atoms. The molecule has 0 aromatic heterocycles. The van der Waals surface area contributed by atoms with Gasteiger partial charge < -0.3 is 4.74 Å². The van der Waals surface area contributed by atoms with Crippen LogP contribution in [0.5, 0.6) is 0 Å². The highest BCUT2D eigenvalue weighted by atomic mass is 16.5. The van der Waals surface area contributed by atoms with E-state index in [4.69, 9.17) is 4.74 Å². The molecule has 0 N–H and O–H groups in total. The van der Waals surface area contributed by atoms with Gasteiger partial charge in [0, 0.05) is 6.42 Å². The van der Waals surface area contributed by atoms with Crippen LogP contribution >= 0.6 is 0 Å². The minimum absolute atomic E-state index is 0.00438. The van der Waals surface area contributed by atoms with Gasteiger partial charge in [0.05, 0.1) is 6.61 Å². The summed E-state index contributed by atoms with van der Waals surface area (Å²) in [5.41, 5.74) is 0. The lowest BCUT2D eigenvalue weighted by molar-refractivity contribution is -0.143. The van der Waals surface area contributed by atoms with Crippen LogP contribution in [0.3, 0.4) is 0 Å². The largest absolute Gasteiger partial charge is 0.466 e. The lowest BCUT2D eigenvalue weighted by Gasteiger charge is -2.20. The SMILES string of the molecule is CCOC(=O)CC[C@H]1C[C@H]2CC[C@H]1C2. The van der Waals surface area contributed by atoms with E-state index in [0.717, 1.165) is 24.2 Å². The molecule has 0 saturated heterocycles. The molecule has 14 heavy (non-hydrogen) atoms. The van der Waals surface area contributed by atoms with Crippen molar-refractivity contribution in [3.05, 3.63) is 0 Å². The molecule has 2 saturated carbocycles. The standard InChI is InChI=1S/C12H20O2/c1-2-14-12(13)6-5-11-8-9-3-4-10(11)7-9/h9-11H,2-8H2,1H3/t9-,10-,11-/m0/s1. The lowest BCUT2D eigenvalue weighted by Crippen LogP contribution is -2.13. The van der Waals surface area contributed by atoms with Crippen molar-refractivity contribution in [1.29, 1.82) is 0 Å². The Morgan fingerprint density at radius 2 is 2.21 bits per heavy atom. The van der Waals surface area contributed by atoms with Crippen LogP contribution in [0, 0.1) is 17.8 Å². The van der Waals surface area contributed by atoms with Gasteiger partial charge >= 0.3 is 5.97 Å². The summed E-state index contributed by atoms with van der Waals surface area (Å²) in [5, 5.41) is 0. The van der Waals surface area contributed by atoms with Gasteiger partial charge in [-0.1, -0.05) is 6.42 Å². The van der Waals surface area contributed by atoms with E-state index in [1.54, 1.807) is 0 Å². The number of carbonyl (C=O) groups is 1. The topological polar surface area (TPSA) is 26.3 Å². The lowest BCUT2D eigenvalue weighted by atomic mass is 9.85. The van der Waals surface area contributed by atoms with E-state index in [1.807, 2.05) is 6.92 Å². The van der Waals surface area contributed by atoms with Gasteiger partial charge in [-0.25, -0.2) is 0 Å². The van der Waals surface area contributed by atoms with Crippen molar-refractivity contribution in [2.75, 3.05) is 6.61 Å². The number of esters is 1. The first kappa shape index (κ1) is 10.0. The molecule has 0 unspecified atom stereocenters. The third kappa shape index (κ3) is 2.10. The molecule has 2 aliphatic rings. The van der Waals surface area contributed by atoms with E-state index < -0.39 is 0 Å². The van der Waals surface area contributed by atoms with Gasteiger partial charge in [-0.3, -0.25) is 4.79 Å². The van der Waals surface area contributed by atoms with Gasteiger partial charge in [0.2, 0.25) is 0 Å². The van der Waals surface area contributed by atoms with Crippen molar-refractivity contribution < 1.29 is 9.53 Å². The molecule has 0 aliphatic heterocycles. The van der Waals surface area contributed by atoms with Crippen molar-refractivity contribution in [2.24, 2.45) is 17.8 Å². The molecule has 0 aromatic carbocycles. The van der Waals surface area contributed by atoms with Gasteiger partial charge in [-0.2, -0.15) is 0 Å². The summed E-state index contributed by atoms with van der Waals surface area (Å²) >= 11 is 0. The Labute approximate surface area is 86.0 Å². The van der Waals surface area contributed by atoms with Gasteiger partial charge in [0.15, 0.2) is 0 Å². The molecule has 0 spiro atoms. The van der Waals surface area contributed by atoms with Crippen LogP contribution in [0.1, 0.15) is 45.4 Å². The fourth-order valence-electron chi connectivity index (χ4n) is 3.27. The second-order valence-corrected chi connectivity index (χ2v) is 4.78. The Bertz CT molecular complexity index is 212. The fraction of sp³-hybridized carbons (Fsp3) is 0.917. The van der Waals surface area contributed by atoms with Crippen molar-refractivity contribution in [2.45, 2.75) is 45.4 Å². The number of hydrogen-bond donors (Lipinski definition) is 0. The van der Waals surface area contributed by atoms with Gasteiger partial charge in [0.25, 0.3) is 0 Å². The summed E-state index contributed by atoms with van der Waals surface area (Å²) in [6, 6.07) is 0. The Hall–Kier alpha value is -0.530. The molecule has 2 fully saturated rings. The van der Waals surface area contributed by atoms with Gasteiger partial charge in [0.1, 0.15) is 0 Å². The summed E-state index contributed by atoms with van der Waals surface area (Å²) in [6.07, 6.45) is 7.39. The fourth-order valence-corrected chi connectivity index (χ4v) is 3.27. The monoisotopic (exact) mass is 196 g/mol. The first-order chi connectivity index (χ1) is 6.79. The average Bonchev–Trinajstić information content (AvgIpc) is 2.76. The van der Waals surface area contributed by atoms with Crippen molar-refractivity contribution >= 4 is 5.97 Å². The highest BCUT2D eigenvalue weighted by Gasteiger charge is 2.39. The zero-order chi connectivity index (χ0) is 9.97. The van der Waals surface area contributed by atoms with Crippen LogP contribution in [0.15, 0.2) is 0 Å². The van der Waals surface area contributed by atoms with Crippen molar-refractivity contribution in [1.82, 2.24) is 0 Å². The van der Waals surface area contributed by atoms with Crippen molar-refractivity contribution in [3.8, 4) is 0 Å². The number of carbonyl (C=O) groups excluding carboxylic acids is 1. The van der Waals surface area contributed by atoms with E-state index in [1.165, 1.54) is 25.7 Å². The molecular formula is C12H20O2. The quantitative estimate of drug-likeness (QED) is 0.646. The Morgan fingerprint density at radius 1 is 1.36 bits per heavy atom. The first-order valence-electron chi connectivity index (χ1n) is 5.95. The normalized spacial score (nSPS) is 34.8. The summed E-state index contributed by atoms with van der Waals surface area (Å²) in [4.78, 5) is 11.2. The number of hydrogen-bond acceptors (Lipinski definition) is 2. The number of rotatable bonds is 4. The van der Waals surface area contributed by atoms with Gasteiger partial charge in [-0.15, -0.1) is 0 Å². The highest BCUT2D eigenvalue weighted by molar-refractivity contribution is 5.69. The molecule has 0 radical (unpaired) electrons. The van der Waals surface area contributed by atoms with Gasteiger partial charge in [-0.05, 0) is 50.4 Å². The molecule has 2 aliphatic carbocycles. The summed E-state index contributed by atoms with van der Waals surface area (Å²) < 4.78 is 4.94. The first-order valence-corrected chi connectivity index (χ1v) is 5.95. The summed E-state index contributed by atoms with van der Waals surface area (Å²) in [7, 11) is 0. The van der Waals surface area contributed by atoms with E-state index in [-0.39, 0.29) is 5.97 Å². The smallest absolute Gasteiger partial charge is 0.305 e. The average molecular weight is 196 g/mol.